The lowest BCUT2D eigenvalue weighted by Crippen LogP contribution is -1.84. The van der Waals surface area contributed by atoms with Gasteiger partial charge in [0, 0.05) is 5.56 Å². The molecule has 0 bridgehead atoms. The van der Waals surface area contributed by atoms with E-state index in [-0.39, 0.29) is 17.5 Å². The Hall–Kier alpha value is -2.21. The number of halogens is 2. The minimum atomic E-state index is -0.362. The second-order valence-corrected chi connectivity index (χ2v) is 5.43. The van der Waals surface area contributed by atoms with Crippen LogP contribution in [0.3, 0.4) is 0 Å². The summed E-state index contributed by atoms with van der Waals surface area (Å²) in [7, 11) is 0. The van der Waals surface area contributed by atoms with Crippen LogP contribution in [0.5, 0.6) is 5.75 Å². The highest BCUT2D eigenvalue weighted by Crippen LogP contribution is 2.31. The first-order valence-electron chi connectivity index (χ1n) is 6.14. The first-order valence-corrected chi connectivity index (χ1v) is 6.93. The van der Waals surface area contributed by atoms with Crippen LogP contribution < -0.4 is 0 Å². The summed E-state index contributed by atoms with van der Waals surface area (Å²) < 4.78 is 18.7. The Labute approximate surface area is 128 Å². The van der Waals surface area contributed by atoms with E-state index in [9.17, 15) is 9.50 Å². The summed E-state index contributed by atoms with van der Waals surface area (Å²) in [6.07, 6.45) is 0. The molecule has 1 heterocycles. The van der Waals surface area contributed by atoms with Gasteiger partial charge in [0.15, 0.2) is 0 Å². The van der Waals surface area contributed by atoms with Crippen LogP contribution >= 0.6 is 15.9 Å². The van der Waals surface area contributed by atoms with Crippen molar-refractivity contribution in [3.05, 3.63) is 52.3 Å². The molecule has 0 radical (unpaired) electrons. The molecule has 0 aliphatic heterocycles. The predicted molar refractivity (Wildman–Crippen MR) is 79.2 cm³/mol. The van der Waals surface area contributed by atoms with Gasteiger partial charge in [-0.25, -0.2) is 4.39 Å². The van der Waals surface area contributed by atoms with Gasteiger partial charge in [-0.15, -0.1) is 0 Å². The SMILES string of the molecule is Cc1ccc(O)c(-c2nc(-c3ccc(F)c(Br)c3)no2)c1. The first kappa shape index (κ1) is 13.8. The van der Waals surface area contributed by atoms with Crippen molar-refractivity contribution < 1.29 is 14.0 Å². The molecule has 3 aromatic rings. The monoisotopic (exact) mass is 348 g/mol. The Morgan fingerprint density at radius 2 is 2.00 bits per heavy atom. The smallest absolute Gasteiger partial charge is 0.262 e. The number of aromatic hydroxyl groups is 1. The molecule has 1 N–H and O–H groups in total. The number of hydrogen-bond donors (Lipinski definition) is 1. The lowest BCUT2D eigenvalue weighted by atomic mass is 10.1. The fourth-order valence-corrected chi connectivity index (χ4v) is 2.29. The zero-order chi connectivity index (χ0) is 15.0. The summed E-state index contributed by atoms with van der Waals surface area (Å²) in [6, 6.07) is 9.56. The summed E-state index contributed by atoms with van der Waals surface area (Å²) in [5, 5.41) is 13.7. The fraction of sp³-hybridized carbons (Fsp3) is 0.0667. The predicted octanol–water partition coefficient (Wildman–Crippen LogP) is 4.32. The van der Waals surface area contributed by atoms with Crippen molar-refractivity contribution >= 4 is 15.9 Å². The van der Waals surface area contributed by atoms with Gasteiger partial charge in [0.2, 0.25) is 5.82 Å². The molecule has 2 aromatic carbocycles. The second kappa shape index (κ2) is 5.29. The van der Waals surface area contributed by atoms with Gasteiger partial charge in [0.25, 0.3) is 5.89 Å². The third-order valence-electron chi connectivity index (χ3n) is 2.99. The van der Waals surface area contributed by atoms with Crippen LogP contribution in [-0.2, 0) is 0 Å². The van der Waals surface area contributed by atoms with Gasteiger partial charge in [0.05, 0.1) is 10.0 Å². The van der Waals surface area contributed by atoms with Crippen LogP contribution in [0.2, 0.25) is 0 Å². The first-order chi connectivity index (χ1) is 10.0. The minimum Gasteiger partial charge on any atom is -0.507 e. The highest BCUT2D eigenvalue weighted by atomic mass is 79.9. The summed E-state index contributed by atoms with van der Waals surface area (Å²) in [6.45, 7) is 1.90. The van der Waals surface area contributed by atoms with Crippen molar-refractivity contribution in [3.63, 3.8) is 0 Å². The maximum atomic E-state index is 13.2. The molecule has 0 aliphatic rings. The summed E-state index contributed by atoms with van der Waals surface area (Å²) in [5.74, 6) is 0.244. The van der Waals surface area contributed by atoms with E-state index in [1.165, 1.54) is 6.07 Å². The fourth-order valence-electron chi connectivity index (χ4n) is 1.91. The molecule has 0 fully saturated rings. The van der Waals surface area contributed by atoms with E-state index in [1.54, 1.807) is 30.3 Å². The highest BCUT2D eigenvalue weighted by molar-refractivity contribution is 9.10. The number of nitrogens with zero attached hydrogens (tertiary/aromatic N) is 2. The van der Waals surface area contributed by atoms with E-state index in [4.69, 9.17) is 4.52 Å². The van der Waals surface area contributed by atoms with Gasteiger partial charge in [-0.2, -0.15) is 4.98 Å². The number of aromatic nitrogens is 2. The van der Waals surface area contributed by atoms with Gasteiger partial charge < -0.3 is 9.63 Å². The van der Waals surface area contributed by atoms with Crippen LogP contribution in [0.15, 0.2) is 45.4 Å². The molecule has 0 unspecified atom stereocenters. The molecule has 1 aromatic heterocycles. The van der Waals surface area contributed by atoms with Crippen LogP contribution in [0, 0.1) is 12.7 Å². The van der Waals surface area contributed by atoms with Gasteiger partial charge in [-0.1, -0.05) is 16.8 Å². The molecule has 0 saturated carbocycles. The number of benzene rings is 2. The highest BCUT2D eigenvalue weighted by Gasteiger charge is 2.15. The minimum absolute atomic E-state index is 0.0658. The number of aryl methyl sites for hydroxylation is 1. The van der Waals surface area contributed by atoms with Crippen molar-refractivity contribution in [2.24, 2.45) is 0 Å². The summed E-state index contributed by atoms with van der Waals surface area (Å²) in [4.78, 5) is 4.24. The molecule has 0 aliphatic carbocycles. The van der Waals surface area contributed by atoms with Crippen LogP contribution in [0.1, 0.15) is 5.56 Å². The number of phenolic OH excluding ortho intramolecular Hbond substituents is 1. The lowest BCUT2D eigenvalue weighted by Gasteiger charge is -2.00. The Bertz CT molecular complexity index is 817. The molecule has 0 atom stereocenters. The standard InChI is InChI=1S/C15H10BrFN2O2/c1-8-2-5-13(20)10(6-8)15-18-14(19-21-15)9-3-4-12(17)11(16)7-9/h2-7,20H,1H3. The molecule has 0 amide bonds. The number of phenols is 1. The molecule has 21 heavy (non-hydrogen) atoms. The molecule has 3 rings (SSSR count). The molecular weight excluding hydrogens is 339 g/mol. The zero-order valence-electron chi connectivity index (χ0n) is 11.0. The third-order valence-corrected chi connectivity index (χ3v) is 3.59. The van der Waals surface area contributed by atoms with Gasteiger partial charge in [0.1, 0.15) is 11.6 Å². The normalized spacial score (nSPS) is 10.8. The molecule has 6 heteroatoms. The lowest BCUT2D eigenvalue weighted by molar-refractivity contribution is 0.425. The second-order valence-electron chi connectivity index (χ2n) is 4.57. The molecule has 106 valence electrons. The Morgan fingerprint density at radius 3 is 2.76 bits per heavy atom. The van der Waals surface area contributed by atoms with E-state index in [2.05, 4.69) is 26.1 Å². The van der Waals surface area contributed by atoms with Crippen molar-refractivity contribution in [1.82, 2.24) is 10.1 Å². The van der Waals surface area contributed by atoms with Crippen molar-refractivity contribution in [2.75, 3.05) is 0 Å². The number of rotatable bonds is 2. The third kappa shape index (κ3) is 2.67. The Balaban J connectivity index is 2.03. The molecule has 0 saturated heterocycles. The Kier molecular flexibility index (Phi) is 3.47. The van der Waals surface area contributed by atoms with Gasteiger partial charge >= 0.3 is 0 Å². The number of hydrogen-bond acceptors (Lipinski definition) is 4. The van der Waals surface area contributed by atoms with Crippen LogP contribution in [0.25, 0.3) is 22.8 Å². The largest absolute Gasteiger partial charge is 0.507 e. The van der Waals surface area contributed by atoms with Gasteiger partial charge in [-0.3, -0.25) is 0 Å². The molecule has 0 spiro atoms. The quantitative estimate of drug-likeness (QED) is 0.749. The zero-order valence-corrected chi connectivity index (χ0v) is 12.6. The average Bonchev–Trinajstić information content (AvgIpc) is 2.94. The van der Waals surface area contributed by atoms with Crippen LogP contribution in [0.4, 0.5) is 4.39 Å². The van der Waals surface area contributed by atoms with Crippen molar-refractivity contribution in [3.8, 4) is 28.6 Å². The topological polar surface area (TPSA) is 59.2 Å². The molecular formula is C15H10BrFN2O2. The van der Waals surface area contributed by atoms with Crippen molar-refractivity contribution in [2.45, 2.75) is 6.92 Å². The van der Waals surface area contributed by atoms with E-state index < -0.39 is 0 Å². The summed E-state index contributed by atoms with van der Waals surface area (Å²) >= 11 is 3.12. The average molecular weight is 349 g/mol. The maximum absolute atomic E-state index is 13.2. The summed E-state index contributed by atoms with van der Waals surface area (Å²) in [5.41, 5.74) is 2.05. The van der Waals surface area contributed by atoms with Crippen molar-refractivity contribution in [1.29, 1.82) is 0 Å². The van der Waals surface area contributed by atoms with E-state index >= 15 is 0 Å². The Morgan fingerprint density at radius 1 is 1.19 bits per heavy atom. The molecule has 4 nitrogen and oxygen atoms in total. The van der Waals surface area contributed by atoms with E-state index in [0.29, 0.717) is 21.4 Å². The van der Waals surface area contributed by atoms with Gasteiger partial charge in [-0.05, 0) is 53.2 Å². The maximum Gasteiger partial charge on any atom is 0.262 e. The van der Waals surface area contributed by atoms with E-state index in [0.717, 1.165) is 5.56 Å². The van der Waals surface area contributed by atoms with E-state index in [1.807, 2.05) is 6.92 Å². The van der Waals surface area contributed by atoms with Crippen LogP contribution in [-0.4, -0.2) is 15.2 Å².